The number of amides is 2. The Morgan fingerprint density at radius 3 is 2.78 bits per heavy atom. The number of benzene rings is 1. The summed E-state index contributed by atoms with van der Waals surface area (Å²) in [5.41, 5.74) is 0.669. The lowest BCUT2D eigenvalue weighted by Gasteiger charge is -2.20. The minimum atomic E-state index is -0.314. The van der Waals surface area contributed by atoms with Crippen LogP contribution in [0.15, 0.2) is 18.2 Å². The predicted molar refractivity (Wildman–Crippen MR) is 87.9 cm³/mol. The Balaban J connectivity index is 2.09. The minimum Gasteiger partial charge on any atom is -0.497 e. The van der Waals surface area contributed by atoms with Crippen molar-refractivity contribution < 1.29 is 19.1 Å². The van der Waals surface area contributed by atoms with Crippen molar-refractivity contribution in [1.82, 2.24) is 5.32 Å². The average molecular weight is 320 g/mol. The lowest BCUT2D eigenvalue weighted by atomic mass is 10.1. The predicted octanol–water partition coefficient (Wildman–Crippen LogP) is 1.97. The standard InChI is InChI=1S/C17H24N2O4/c1-4-5-8-18-17(21)12-9-16(20)19(11-12)14-7-6-13(22-2)10-15(14)23-3/h6-7,10,12H,4-5,8-9,11H2,1-3H3,(H,18,21)/t12-/m0/s1. The van der Waals surface area contributed by atoms with Gasteiger partial charge in [-0.05, 0) is 18.6 Å². The number of unbranched alkanes of at least 4 members (excludes halogenated alkanes) is 1. The zero-order chi connectivity index (χ0) is 16.8. The largest absolute Gasteiger partial charge is 0.497 e. The molecule has 1 N–H and O–H groups in total. The summed E-state index contributed by atoms with van der Waals surface area (Å²) in [7, 11) is 3.12. The fourth-order valence-corrected chi connectivity index (χ4v) is 2.66. The van der Waals surface area contributed by atoms with Gasteiger partial charge in [0.2, 0.25) is 11.8 Å². The fourth-order valence-electron chi connectivity index (χ4n) is 2.66. The van der Waals surface area contributed by atoms with Crippen LogP contribution < -0.4 is 19.7 Å². The van der Waals surface area contributed by atoms with Crippen molar-refractivity contribution in [2.24, 2.45) is 5.92 Å². The van der Waals surface area contributed by atoms with Crippen molar-refractivity contribution >= 4 is 17.5 Å². The van der Waals surface area contributed by atoms with E-state index in [-0.39, 0.29) is 24.2 Å². The van der Waals surface area contributed by atoms with Crippen LogP contribution in [0.1, 0.15) is 26.2 Å². The number of hydrogen-bond acceptors (Lipinski definition) is 4. The summed E-state index contributed by atoms with van der Waals surface area (Å²) in [5, 5.41) is 2.90. The van der Waals surface area contributed by atoms with E-state index in [4.69, 9.17) is 9.47 Å². The van der Waals surface area contributed by atoms with E-state index in [9.17, 15) is 9.59 Å². The van der Waals surface area contributed by atoms with Gasteiger partial charge < -0.3 is 19.7 Å². The van der Waals surface area contributed by atoms with Gasteiger partial charge in [-0.25, -0.2) is 0 Å². The van der Waals surface area contributed by atoms with Gasteiger partial charge >= 0.3 is 0 Å². The zero-order valence-electron chi connectivity index (χ0n) is 13.9. The van der Waals surface area contributed by atoms with Gasteiger partial charge in [0.15, 0.2) is 0 Å². The van der Waals surface area contributed by atoms with E-state index in [0.717, 1.165) is 12.8 Å². The lowest BCUT2D eigenvalue weighted by molar-refractivity contribution is -0.126. The normalized spacial score (nSPS) is 17.3. The maximum absolute atomic E-state index is 12.3. The number of carbonyl (C=O) groups excluding carboxylic acids is 2. The van der Waals surface area contributed by atoms with Gasteiger partial charge in [0.1, 0.15) is 11.5 Å². The number of methoxy groups -OCH3 is 2. The summed E-state index contributed by atoms with van der Waals surface area (Å²) in [6.07, 6.45) is 2.20. The zero-order valence-corrected chi connectivity index (χ0v) is 13.9. The average Bonchev–Trinajstić information content (AvgIpc) is 2.96. The van der Waals surface area contributed by atoms with Crippen LogP contribution in [0.25, 0.3) is 0 Å². The van der Waals surface area contributed by atoms with Gasteiger partial charge in [-0.1, -0.05) is 13.3 Å². The van der Waals surface area contributed by atoms with Gasteiger partial charge in [-0.2, -0.15) is 0 Å². The first kappa shape index (κ1) is 17.1. The smallest absolute Gasteiger partial charge is 0.227 e. The van der Waals surface area contributed by atoms with Crippen molar-refractivity contribution in [3.63, 3.8) is 0 Å². The molecule has 126 valence electrons. The van der Waals surface area contributed by atoms with Crippen LogP contribution in [-0.2, 0) is 9.59 Å². The number of ether oxygens (including phenoxy) is 2. The van der Waals surface area contributed by atoms with Crippen molar-refractivity contribution in [2.45, 2.75) is 26.2 Å². The molecule has 0 spiro atoms. The maximum atomic E-state index is 12.3. The molecule has 1 atom stereocenters. The number of nitrogens with zero attached hydrogens (tertiary/aromatic N) is 1. The SMILES string of the molecule is CCCCNC(=O)[C@H]1CC(=O)N(c2ccc(OC)cc2OC)C1. The number of hydrogen-bond donors (Lipinski definition) is 1. The number of nitrogens with one attached hydrogen (secondary N) is 1. The molecule has 1 aromatic rings. The first-order valence-electron chi connectivity index (χ1n) is 7.90. The molecule has 1 aliphatic heterocycles. The molecule has 1 saturated heterocycles. The van der Waals surface area contributed by atoms with E-state index in [0.29, 0.717) is 30.3 Å². The molecule has 1 aromatic carbocycles. The topological polar surface area (TPSA) is 67.9 Å². The second-order valence-electron chi connectivity index (χ2n) is 5.59. The van der Waals surface area contributed by atoms with Gasteiger partial charge in [-0.3, -0.25) is 9.59 Å². The van der Waals surface area contributed by atoms with Crippen LogP contribution in [0, 0.1) is 5.92 Å². The summed E-state index contributed by atoms with van der Waals surface area (Å²) in [6.45, 7) is 3.11. The highest BCUT2D eigenvalue weighted by Crippen LogP contribution is 2.35. The molecule has 0 aliphatic carbocycles. The highest BCUT2D eigenvalue weighted by molar-refractivity contribution is 6.01. The van der Waals surface area contributed by atoms with E-state index in [2.05, 4.69) is 12.2 Å². The molecule has 0 radical (unpaired) electrons. The molecular formula is C17H24N2O4. The molecule has 0 unspecified atom stereocenters. The maximum Gasteiger partial charge on any atom is 0.227 e. The molecule has 2 amide bonds. The van der Waals surface area contributed by atoms with Crippen LogP contribution >= 0.6 is 0 Å². The van der Waals surface area contributed by atoms with E-state index in [1.807, 2.05) is 0 Å². The van der Waals surface area contributed by atoms with Crippen LogP contribution in [0.5, 0.6) is 11.5 Å². The van der Waals surface area contributed by atoms with Crippen molar-refractivity contribution in [2.75, 3.05) is 32.2 Å². The first-order chi connectivity index (χ1) is 11.1. The van der Waals surface area contributed by atoms with E-state index < -0.39 is 0 Å². The van der Waals surface area contributed by atoms with Crippen molar-refractivity contribution in [3.05, 3.63) is 18.2 Å². The Morgan fingerprint density at radius 2 is 2.13 bits per heavy atom. The summed E-state index contributed by atoms with van der Waals surface area (Å²) < 4.78 is 10.5. The Hall–Kier alpha value is -2.24. The Kier molecular flexibility index (Phi) is 5.84. The monoisotopic (exact) mass is 320 g/mol. The minimum absolute atomic E-state index is 0.0539. The van der Waals surface area contributed by atoms with Crippen LogP contribution in [-0.4, -0.2) is 39.1 Å². The first-order valence-corrected chi connectivity index (χ1v) is 7.90. The number of rotatable bonds is 7. The van der Waals surface area contributed by atoms with Gasteiger partial charge in [-0.15, -0.1) is 0 Å². The molecule has 0 aromatic heterocycles. The number of carbonyl (C=O) groups is 2. The fraction of sp³-hybridized carbons (Fsp3) is 0.529. The lowest BCUT2D eigenvalue weighted by Crippen LogP contribution is -2.33. The molecule has 0 bridgehead atoms. The summed E-state index contributed by atoms with van der Waals surface area (Å²) in [4.78, 5) is 26.1. The van der Waals surface area contributed by atoms with Crippen molar-refractivity contribution in [3.8, 4) is 11.5 Å². The van der Waals surface area contributed by atoms with E-state index in [1.54, 1.807) is 37.3 Å². The Morgan fingerprint density at radius 1 is 1.35 bits per heavy atom. The molecule has 23 heavy (non-hydrogen) atoms. The molecule has 1 heterocycles. The molecule has 6 nitrogen and oxygen atoms in total. The van der Waals surface area contributed by atoms with Crippen molar-refractivity contribution in [1.29, 1.82) is 0 Å². The molecule has 0 saturated carbocycles. The Bertz CT molecular complexity index is 574. The van der Waals surface area contributed by atoms with Crippen LogP contribution in [0.3, 0.4) is 0 Å². The molecule has 6 heteroatoms. The van der Waals surface area contributed by atoms with Crippen LogP contribution in [0.4, 0.5) is 5.69 Å². The molecule has 1 aliphatic rings. The van der Waals surface area contributed by atoms with E-state index >= 15 is 0 Å². The highest BCUT2D eigenvalue weighted by atomic mass is 16.5. The second-order valence-corrected chi connectivity index (χ2v) is 5.59. The second kappa shape index (κ2) is 7.85. The van der Waals surface area contributed by atoms with Gasteiger partial charge in [0.05, 0.1) is 25.8 Å². The third-order valence-electron chi connectivity index (χ3n) is 4.00. The highest BCUT2D eigenvalue weighted by Gasteiger charge is 2.36. The molecule has 2 rings (SSSR count). The molecule has 1 fully saturated rings. The quantitative estimate of drug-likeness (QED) is 0.780. The van der Waals surface area contributed by atoms with E-state index in [1.165, 1.54) is 0 Å². The Labute approximate surface area is 136 Å². The third-order valence-corrected chi connectivity index (χ3v) is 4.00. The third kappa shape index (κ3) is 3.94. The van der Waals surface area contributed by atoms with Gasteiger partial charge in [0.25, 0.3) is 0 Å². The van der Waals surface area contributed by atoms with Crippen LogP contribution in [0.2, 0.25) is 0 Å². The van der Waals surface area contributed by atoms with Gasteiger partial charge in [0, 0.05) is 25.6 Å². The summed E-state index contributed by atoms with van der Waals surface area (Å²) >= 11 is 0. The number of anilines is 1. The summed E-state index contributed by atoms with van der Waals surface area (Å²) in [5.74, 6) is 0.785. The molecular weight excluding hydrogens is 296 g/mol. The summed E-state index contributed by atoms with van der Waals surface area (Å²) in [6, 6.07) is 5.30.